The molecule has 4 nitrogen and oxygen atoms in total. The molecule has 1 fully saturated rings. The van der Waals surface area contributed by atoms with Crippen LogP contribution in [0.4, 0.5) is 0 Å². The highest BCUT2D eigenvalue weighted by Gasteiger charge is 2.29. The second kappa shape index (κ2) is 5.75. The molecule has 118 valence electrons. The number of carbonyl (C=O) groups is 1. The van der Waals surface area contributed by atoms with Crippen molar-refractivity contribution in [1.29, 1.82) is 0 Å². The molecule has 1 aliphatic heterocycles. The fourth-order valence-corrected chi connectivity index (χ4v) is 3.58. The van der Waals surface area contributed by atoms with Crippen LogP contribution in [-0.2, 0) is 11.3 Å². The first-order valence-electron chi connectivity index (χ1n) is 8.20. The van der Waals surface area contributed by atoms with Gasteiger partial charge >= 0.3 is 0 Å². The second-order valence-electron chi connectivity index (χ2n) is 6.73. The molecular weight excluding hydrogens is 274 g/mol. The Hall–Kier alpha value is -1.84. The lowest BCUT2D eigenvalue weighted by atomic mass is 9.97. The van der Waals surface area contributed by atoms with Gasteiger partial charge in [-0.2, -0.15) is 0 Å². The number of aryl methyl sites for hydroxylation is 2. The Balaban J connectivity index is 1.86. The largest absolute Gasteiger partial charge is 0.336 e. The molecule has 2 heterocycles. The number of imidazole rings is 1. The number of carbonyl (C=O) groups excluding carboxylic acids is 1. The summed E-state index contributed by atoms with van der Waals surface area (Å²) >= 11 is 0. The van der Waals surface area contributed by atoms with E-state index < -0.39 is 0 Å². The summed E-state index contributed by atoms with van der Waals surface area (Å²) in [5.41, 5.74) is 4.49. The van der Waals surface area contributed by atoms with Crippen molar-refractivity contribution in [2.45, 2.75) is 65.6 Å². The molecule has 0 saturated carbocycles. The average Bonchev–Trinajstić information content (AvgIpc) is 2.81. The Labute approximate surface area is 132 Å². The first-order chi connectivity index (χ1) is 10.5. The normalized spacial score (nSPS) is 22.3. The van der Waals surface area contributed by atoms with Gasteiger partial charge in [0.25, 0.3) is 0 Å². The van der Waals surface area contributed by atoms with Crippen molar-refractivity contribution in [2.24, 2.45) is 0 Å². The number of nitrogens with zero attached hydrogens (tertiary/aromatic N) is 3. The summed E-state index contributed by atoms with van der Waals surface area (Å²) in [6, 6.07) is 4.91. The van der Waals surface area contributed by atoms with Crippen LogP contribution in [0.2, 0.25) is 0 Å². The maximum Gasteiger partial charge on any atom is 0.243 e. The van der Waals surface area contributed by atoms with Crippen LogP contribution in [0.1, 0.15) is 44.2 Å². The van der Waals surface area contributed by atoms with E-state index in [0.717, 1.165) is 23.9 Å². The fraction of sp³-hybridized carbons (Fsp3) is 0.556. The van der Waals surface area contributed by atoms with Gasteiger partial charge < -0.3 is 9.47 Å². The van der Waals surface area contributed by atoms with E-state index in [9.17, 15) is 4.79 Å². The van der Waals surface area contributed by atoms with E-state index >= 15 is 0 Å². The Morgan fingerprint density at radius 2 is 1.82 bits per heavy atom. The quantitative estimate of drug-likeness (QED) is 0.852. The van der Waals surface area contributed by atoms with Crippen LogP contribution in [0.25, 0.3) is 11.0 Å². The molecule has 0 radical (unpaired) electrons. The van der Waals surface area contributed by atoms with E-state index in [1.54, 1.807) is 6.33 Å². The lowest BCUT2D eigenvalue weighted by molar-refractivity contribution is -0.137. The molecule has 2 unspecified atom stereocenters. The third-order valence-corrected chi connectivity index (χ3v) is 5.02. The van der Waals surface area contributed by atoms with Gasteiger partial charge in [-0.25, -0.2) is 4.98 Å². The van der Waals surface area contributed by atoms with E-state index in [2.05, 4.69) is 49.7 Å². The van der Waals surface area contributed by atoms with Crippen molar-refractivity contribution in [2.75, 3.05) is 0 Å². The number of rotatable bonds is 2. The van der Waals surface area contributed by atoms with Crippen molar-refractivity contribution >= 4 is 16.9 Å². The van der Waals surface area contributed by atoms with Crippen molar-refractivity contribution < 1.29 is 4.79 Å². The van der Waals surface area contributed by atoms with Gasteiger partial charge in [-0.15, -0.1) is 0 Å². The molecule has 0 spiro atoms. The highest BCUT2D eigenvalue weighted by molar-refractivity contribution is 5.82. The second-order valence-corrected chi connectivity index (χ2v) is 6.73. The monoisotopic (exact) mass is 299 g/mol. The Morgan fingerprint density at radius 1 is 1.18 bits per heavy atom. The molecule has 22 heavy (non-hydrogen) atoms. The van der Waals surface area contributed by atoms with E-state index in [1.165, 1.54) is 17.5 Å². The fourth-order valence-electron chi connectivity index (χ4n) is 3.58. The zero-order valence-electron chi connectivity index (χ0n) is 14.0. The molecule has 1 amide bonds. The standard InChI is InChI=1S/C18H25N3O/c1-12-8-16-17(9-13(12)2)20(11-19-16)10-18(22)21-14(3)6-5-7-15(21)4/h8-9,11,14-15H,5-7,10H2,1-4H3. The minimum absolute atomic E-state index is 0.206. The van der Waals surface area contributed by atoms with Crippen LogP contribution in [-0.4, -0.2) is 32.4 Å². The molecular formula is C18H25N3O. The molecule has 4 heteroatoms. The third kappa shape index (κ3) is 2.62. The summed E-state index contributed by atoms with van der Waals surface area (Å²) in [6.07, 6.45) is 5.23. The molecule has 3 rings (SSSR count). The molecule has 2 atom stereocenters. The molecule has 1 aromatic heterocycles. The van der Waals surface area contributed by atoms with E-state index in [4.69, 9.17) is 0 Å². The smallest absolute Gasteiger partial charge is 0.243 e. The van der Waals surface area contributed by atoms with Gasteiger partial charge in [0.05, 0.1) is 17.4 Å². The lowest BCUT2D eigenvalue weighted by Crippen LogP contribution is -2.48. The summed E-state index contributed by atoms with van der Waals surface area (Å²) in [5, 5.41) is 0. The predicted molar refractivity (Wildman–Crippen MR) is 88.8 cm³/mol. The maximum absolute atomic E-state index is 12.8. The molecule has 0 N–H and O–H groups in total. The van der Waals surface area contributed by atoms with E-state index in [1.807, 2.05) is 4.57 Å². The Bertz CT molecular complexity index is 694. The third-order valence-electron chi connectivity index (χ3n) is 5.02. The predicted octanol–water partition coefficient (Wildman–Crippen LogP) is 3.44. The van der Waals surface area contributed by atoms with Gasteiger partial charge in [-0.1, -0.05) is 0 Å². The van der Waals surface area contributed by atoms with Crippen LogP contribution >= 0.6 is 0 Å². The summed E-state index contributed by atoms with van der Waals surface area (Å²) in [4.78, 5) is 19.3. The van der Waals surface area contributed by atoms with Crippen LogP contribution in [0, 0.1) is 13.8 Å². The number of aromatic nitrogens is 2. The Morgan fingerprint density at radius 3 is 2.50 bits per heavy atom. The molecule has 2 aromatic rings. The highest BCUT2D eigenvalue weighted by atomic mass is 16.2. The van der Waals surface area contributed by atoms with E-state index in [0.29, 0.717) is 18.6 Å². The van der Waals surface area contributed by atoms with Crippen LogP contribution < -0.4 is 0 Å². The van der Waals surface area contributed by atoms with Crippen molar-refractivity contribution in [1.82, 2.24) is 14.5 Å². The zero-order valence-corrected chi connectivity index (χ0v) is 14.0. The number of likely N-dealkylation sites (tertiary alicyclic amines) is 1. The number of benzene rings is 1. The highest BCUT2D eigenvalue weighted by Crippen LogP contribution is 2.24. The first kappa shape index (κ1) is 15.1. The van der Waals surface area contributed by atoms with Crippen molar-refractivity contribution in [3.63, 3.8) is 0 Å². The topological polar surface area (TPSA) is 38.1 Å². The summed E-state index contributed by atoms with van der Waals surface area (Å²) in [5.74, 6) is 0.206. The zero-order chi connectivity index (χ0) is 15.9. The van der Waals surface area contributed by atoms with Crippen molar-refractivity contribution in [3.8, 4) is 0 Å². The van der Waals surface area contributed by atoms with Crippen LogP contribution in [0.5, 0.6) is 0 Å². The van der Waals surface area contributed by atoms with Gasteiger partial charge in [0, 0.05) is 12.1 Å². The number of piperidine rings is 1. The first-order valence-corrected chi connectivity index (χ1v) is 8.20. The number of fused-ring (bicyclic) bond motifs is 1. The van der Waals surface area contributed by atoms with Gasteiger partial charge in [0.2, 0.25) is 5.91 Å². The van der Waals surface area contributed by atoms with Crippen molar-refractivity contribution in [3.05, 3.63) is 29.6 Å². The minimum atomic E-state index is 0.206. The number of hydrogen-bond acceptors (Lipinski definition) is 2. The molecule has 1 aliphatic rings. The summed E-state index contributed by atoms with van der Waals surface area (Å²) in [6.45, 7) is 8.90. The van der Waals surface area contributed by atoms with E-state index in [-0.39, 0.29) is 5.91 Å². The van der Waals surface area contributed by atoms with Gasteiger partial charge in [-0.05, 0) is 70.2 Å². The van der Waals surface area contributed by atoms with Gasteiger partial charge in [0.1, 0.15) is 6.54 Å². The number of hydrogen-bond donors (Lipinski definition) is 0. The maximum atomic E-state index is 12.8. The van der Waals surface area contributed by atoms with Gasteiger partial charge in [-0.3, -0.25) is 4.79 Å². The van der Waals surface area contributed by atoms with Crippen LogP contribution in [0.15, 0.2) is 18.5 Å². The minimum Gasteiger partial charge on any atom is -0.336 e. The summed E-state index contributed by atoms with van der Waals surface area (Å²) < 4.78 is 1.98. The Kier molecular flexibility index (Phi) is 3.94. The van der Waals surface area contributed by atoms with Gasteiger partial charge in [0.15, 0.2) is 0 Å². The molecule has 0 bridgehead atoms. The van der Waals surface area contributed by atoms with Crippen LogP contribution in [0.3, 0.4) is 0 Å². The average molecular weight is 299 g/mol. The molecule has 1 aromatic carbocycles. The lowest BCUT2D eigenvalue weighted by Gasteiger charge is -2.39. The number of amides is 1. The molecule has 1 saturated heterocycles. The molecule has 0 aliphatic carbocycles. The summed E-state index contributed by atoms with van der Waals surface area (Å²) in [7, 11) is 0. The SMILES string of the molecule is Cc1cc2ncn(CC(=O)N3C(C)CCCC3C)c2cc1C.